The molecule has 0 fully saturated rings. The third kappa shape index (κ3) is 4.42. The lowest BCUT2D eigenvalue weighted by atomic mass is 10.1. The van der Waals surface area contributed by atoms with E-state index in [1.54, 1.807) is 13.0 Å². The quantitative estimate of drug-likeness (QED) is 0.874. The normalized spacial score (nSPS) is 11.7. The average Bonchev–Trinajstić information content (AvgIpc) is 2.51. The molecular formula is C19H21NO3. The van der Waals surface area contributed by atoms with E-state index < -0.39 is 12.1 Å². The molecule has 23 heavy (non-hydrogen) atoms. The fourth-order valence-electron chi connectivity index (χ4n) is 2.11. The zero-order valence-corrected chi connectivity index (χ0v) is 13.8. The van der Waals surface area contributed by atoms with E-state index in [9.17, 15) is 9.59 Å². The van der Waals surface area contributed by atoms with Crippen LogP contribution in [0.5, 0.6) is 0 Å². The van der Waals surface area contributed by atoms with Crippen LogP contribution in [0, 0.1) is 20.8 Å². The molecule has 4 heteroatoms. The highest BCUT2D eigenvalue weighted by molar-refractivity contribution is 5.97. The second kappa shape index (κ2) is 7.09. The van der Waals surface area contributed by atoms with Crippen molar-refractivity contribution in [3.8, 4) is 0 Å². The van der Waals surface area contributed by atoms with E-state index in [4.69, 9.17) is 4.74 Å². The van der Waals surface area contributed by atoms with Crippen LogP contribution in [0.25, 0.3) is 0 Å². The lowest BCUT2D eigenvalue weighted by Gasteiger charge is -2.15. The molecule has 0 aliphatic rings. The monoisotopic (exact) mass is 311 g/mol. The first-order valence-corrected chi connectivity index (χ1v) is 7.52. The SMILES string of the molecule is Cc1ccc(NC(=O)[C@@H](C)OC(=O)c2cc(C)ccc2C)cc1. The van der Waals surface area contributed by atoms with Crippen LogP contribution in [0.15, 0.2) is 42.5 Å². The van der Waals surface area contributed by atoms with Crippen molar-refractivity contribution >= 4 is 17.6 Å². The van der Waals surface area contributed by atoms with Crippen LogP contribution in [-0.2, 0) is 9.53 Å². The molecule has 0 saturated heterocycles. The van der Waals surface area contributed by atoms with Crippen molar-refractivity contribution in [1.82, 2.24) is 0 Å². The number of nitrogens with one attached hydrogen (secondary N) is 1. The van der Waals surface area contributed by atoms with Gasteiger partial charge in [-0.25, -0.2) is 4.79 Å². The van der Waals surface area contributed by atoms with E-state index in [1.807, 2.05) is 57.2 Å². The zero-order valence-electron chi connectivity index (χ0n) is 13.8. The number of rotatable bonds is 4. The van der Waals surface area contributed by atoms with Crippen LogP contribution < -0.4 is 5.32 Å². The van der Waals surface area contributed by atoms with Crippen molar-refractivity contribution in [2.24, 2.45) is 0 Å². The first kappa shape index (κ1) is 16.7. The Morgan fingerprint density at radius 1 is 0.957 bits per heavy atom. The Bertz CT molecular complexity index is 720. The number of hydrogen-bond acceptors (Lipinski definition) is 3. The fourth-order valence-corrected chi connectivity index (χ4v) is 2.11. The smallest absolute Gasteiger partial charge is 0.339 e. The molecule has 2 aromatic carbocycles. The van der Waals surface area contributed by atoms with Gasteiger partial charge in [-0.15, -0.1) is 0 Å². The van der Waals surface area contributed by atoms with Gasteiger partial charge in [-0.05, 0) is 51.5 Å². The summed E-state index contributed by atoms with van der Waals surface area (Å²) >= 11 is 0. The highest BCUT2D eigenvalue weighted by Crippen LogP contribution is 2.14. The van der Waals surface area contributed by atoms with Gasteiger partial charge in [0.1, 0.15) is 0 Å². The predicted molar refractivity (Wildman–Crippen MR) is 90.6 cm³/mol. The van der Waals surface area contributed by atoms with Crippen molar-refractivity contribution < 1.29 is 14.3 Å². The number of aryl methyl sites for hydroxylation is 3. The lowest BCUT2D eigenvalue weighted by molar-refractivity contribution is -0.123. The minimum atomic E-state index is -0.872. The molecule has 1 N–H and O–H groups in total. The van der Waals surface area contributed by atoms with Crippen LogP contribution in [0.4, 0.5) is 5.69 Å². The van der Waals surface area contributed by atoms with E-state index >= 15 is 0 Å². The zero-order chi connectivity index (χ0) is 17.0. The van der Waals surface area contributed by atoms with Crippen molar-refractivity contribution in [3.05, 3.63) is 64.7 Å². The standard InChI is InChI=1S/C19H21NO3/c1-12-6-9-16(10-7-12)20-18(21)15(4)23-19(22)17-11-13(2)5-8-14(17)3/h5-11,15H,1-4H3,(H,20,21)/t15-/m1/s1. The highest BCUT2D eigenvalue weighted by Gasteiger charge is 2.20. The van der Waals surface area contributed by atoms with E-state index in [2.05, 4.69) is 5.32 Å². The van der Waals surface area contributed by atoms with Crippen molar-refractivity contribution in [3.63, 3.8) is 0 Å². The molecule has 0 spiro atoms. The molecule has 0 aromatic heterocycles. The first-order chi connectivity index (χ1) is 10.9. The van der Waals surface area contributed by atoms with Crippen molar-refractivity contribution in [2.75, 3.05) is 5.32 Å². The molecule has 0 saturated carbocycles. The van der Waals surface area contributed by atoms with Gasteiger partial charge >= 0.3 is 5.97 Å². The molecule has 0 aliphatic heterocycles. The Hall–Kier alpha value is -2.62. The van der Waals surface area contributed by atoms with Crippen molar-refractivity contribution in [1.29, 1.82) is 0 Å². The maximum Gasteiger partial charge on any atom is 0.339 e. The molecule has 1 amide bonds. The van der Waals surface area contributed by atoms with E-state index in [0.717, 1.165) is 16.7 Å². The molecule has 4 nitrogen and oxygen atoms in total. The summed E-state index contributed by atoms with van der Waals surface area (Å²) in [7, 11) is 0. The number of amides is 1. The van der Waals surface area contributed by atoms with Crippen LogP contribution in [0.2, 0.25) is 0 Å². The summed E-state index contributed by atoms with van der Waals surface area (Å²) in [6.45, 7) is 7.28. The Morgan fingerprint density at radius 3 is 2.22 bits per heavy atom. The predicted octanol–water partition coefficient (Wildman–Crippen LogP) is 3.80. The van der Waals surface area contributed by atoms with Gasteiger partial charge in [-0.2, -0.15) is 0 Å². The summed E-state index contributed by atoms with van der Waals surface area (Å²) in [6, 6.07) is 13.0. The van der Waals surface area contributed by atoms with Crippen LogP contribution in [0.1, 0.15) is 34.0 Å². The second-order valence-corrected chi connectivity index (χ2v) is 5.72. The van der Waals surface area contributed by atoms with Crippen LogP contribution in [-0.4, -0.2) is 18.0 Å². The summed E-state index contributed by atoms with van der Waals surface area (Å²) in [5.41, 5.74) is 4.07. The van der Waals surface area contributed by atoms with E-state index in [-0.39, 0.29) is 5.91 Å². The van der Waals surface area contributed by atoms with Crippen molar-refractivity contribution in [2.45, 2.75) is 33.8 Å². The van der Waals surface area contributed by atoms with Gasteiger partial charge in [-0.3, -0.25) is 4.79 Å². The van der Waals surface area contributed by atoms with Gasteiger partial charge in [0.2, 0.25) is 0 Å². The van der Waals surface area contributed by atoms with Crippen LogP contribution >= 0.6 is 0 Å². The number of benzene rings is 2. The van der Waals surface area contributed by atoms with Gasteiger partial charge in [0.25, 0.3) is 5.91 Å². The summed E-state index contributed by atoms with van der Waals surface area (Å²) in [6.07, 6.45) is -0.872. The summed E-state index contributed by atoms with van der Waals surface area (Å²) in [5.74, 6) is -0.842. The minimum absolute atomic E-state index is 0.354. The molecular weight excluding hydrogens is 290 g/mol. The highest BCUT2D eigenvalue weighted by atomic mass is 16.5. The van der Waals surface area contributed by atoms with Crippen LogP contribution in [0.3, 0.4) is 0 Å². The largest absolute Gasteiger partial charge is 0.449 e. The van der Waals surface area contributed by atoms with Gasteiger partial charge in [0.05, 0.1) is 5.56 Å². The Morgan fingerprint density at radius 2 is 1.57 bits per heavy atom. The van der Waals surface area contributed by atoms with Gasteiger partial charge in [-0.1, -0.05) is 35.4 Å². The summed E-state index contributed by atoms with van der Waals surface area (Å²) < 4.78 is 5.28. The maximum atomic E-state index is 12.2. The molecule has 0 heterocycles. The minimum Gasteiger partial charge on any atom is -0.449 e. The average molecular weight is 311 g/mol. The number of anilines is 1. The number of hydrogen-bond donors (Lipinski definition) is 1. The number of carbonyl (C=O) groups excluding carboxylic acids is 2. The topological polar surface area (TPSA) is 55.4 Å². The molecule has 2 aromatic rings. The molecule has 0 bridgehead atoms. The third-order valence-electron chi connectivity index (χ3n) is 3.59. The van der Waals surface area contributed by atoms with E-state index in [1.165, 1.54) is 0 Å². The van der Waals surface area contributed by atoms with Gasteiger partial charge < -0.3 is 10.1 Å². The fraction of sp³-hybridized carbons (Fsp3) is 0.263. The number of ether oxygens (including phenoxy) is 1. The molecule has 0 unspecified atom stereocenters. The second-order valence-electron chi connectivity index (χ2n) is 5.72. The Balaban J connectivity index is 2.01. The molecule has 0 radical (unpaired) electrons. The van der Waals surface area contributed by atoms with Gasteiger partial charge in [0, 0.05) is 5.69 Å². The molecule has 2 rings (SSSR count). The summed E-state index contributed by atoms with van der Waals surface area (Å²) in [5, 5.41) is 2.74. The van der Waals surface area contributed by atoms with Gasteiger partial charge in [0.15, 0.2) is 6.10 Å². The maximum absolute atomic E-state index is 12.2. The summed E-state index contributed by atoms with van der Waals surface area (Å²) in [4.78, 5) is 24.4. The molecule has 0 aliphatic carbocycles. The molecule has 120 valence electrons. The molecule has 1 atom stereocenters. The Kier molecular flexibility index (Phi) is 5.16. The Labute approximate surface area is 136 Å². The lowest BCUT2D eigenvalue weighted by Crippen LogP contribution is -2.30. The first-order valence-electron chi connectivity index (χ1n) is 7.52. The number of carbonyl (C=O) groups is 2. The third-order valence-corrected chi connectivity index (χ3v) is 3.59. The number of esters is 1. The van der Waals surface area contributed by atoms with E-state index in [0.29, 0.717) is 11.3 Å².